The summed E-state index contributed by atoms with van der Waals surface area (Å²) in [5.74, 6) is 1.37. The standard InChI is InChI=1S/C34H44N2O3S/c1-35(40(37,38)32-16-9-15-31(26-32)39-2)27-34(21-18-30-14-6-7-17-33(30)34)22-25-36-23-19-29(20-24-36)13-8-12-28-10-4-3-5-11-28/h3-7,9-11,14-17,26,29H,8,12-13,18-25,27H2,1-2H3. The Balaban J connectivity index is 1.21. The molecule has 2 aliphatic rings. The van der Waals surface area contributed by atoms with Gasteiger partial charge in [0.1, 0.15) is 5.75 Å². The zero-order chi connectivity index (χ0) is 28.0. The zero-order valence-corrected chi connectivity index (χ0v) is 24.9. The molecule has 0 saturated carbocycles. The highest BCUT2D eigenvalue weighted by Crippen LogP contribution is 2.43. The lowest BCUT2D eigenvalue weighted by Crippen LogP contribution is -2.44. The van der Waals surface area contributed by atoms with Crippen LogP contribution in [-0.4, -0.2) is 58.0 Å². The van der Waals surface area contributed by atoms with Gasteiger partial charge in [0.2, 0.25) is 10.0 Å². The molecule has 5 rings (SSSR count). The van der Waals surface area contributed by atoms with E-state index in [-0.39, 0.29) is 10.3 Å². The Labute approximate surface area is 241 Å². The first-order valence-corrected chi connectivity index (χ1v) is 16.3. The Morgan fingerprint density at radius 3 is 2.50 bits per heavy atom. The number of likely N-dealkylation sites (tertiary alicyclic amines) is 1. The molecule has 0 N–H and O–H groups in total. The molecule has 3 aromatic carbocycles. The molecule has 0 aromatic heterocycles. The van der Waals surface area contributed by atoms with Gasteiger partial charge in [-0.3, -0.25) is 0 Å². The summed E-state index contributed by atoms with van der Waals surface area (Å²) >= 11 is 0. The normalized spacial score (nSPS) is 20.1. The molecule has 214 valence electrons. The largest absolute Gasteiger partial charge is 0.497 e. The lowest BCUT2D eigenvalue weighted by molar-refractivity contribution is 0.158. The summed E-state index contributed by atoms with van der Waals surface area (Å²) in [7, 11) is -0.342. The fourth-order valence-electron chi connectivity index (χ4n) is 6.83. The van der Waals surface area contributed by atoms with Gasteiger partial charge >= 0.3 is 0 Å². The first-order valence-electron chi connectivity index (χ1n) is 14.8. The molecule has 5 nitrogen and oxygen atoms in total. The van der Waals surface area contributed by atoms with Crippen molar-refractivity contribution in [1.29, 1.82) is 0 Å². The lowest BCUT2D eigenvalue weighted by atomic mass is 9.78. The molecule has 6 heteroatoms. The van der Waals surface area contributed by atoms with Crippen LogP contribution in [0.5, 0.6) is 5.75 Å². The molecule has 0 amide bonds. The van der Waals surface area contributed by atoms with Crippen molar-refractivity contribution in [2.75, 3.05) is 40.3 Å². The maximum Gasteiger partial charge on any atom is 0.242 e. The summed E-state index contributed by atoms with van der Waals surface area (Å²) in [6, 6.07) is 26.3. The Kier molecular flexibility index (Phi) is 9.29. The Morgan fingerprint density at radius 2 is 1.73 bits per heavy atom. The van der Waals surface area contributed by atoms with Crippen molar-refractivity contribution in [2.45, 2.75) is 61.7 Å². The predicted octanol–water partition coefficient (Wildman–Crippen LogP) is 6.32. The van der Waals surface area contributed by atoms with Crippen LogP contribution in [0.15, 0.2) is 83.8 Å². The topological polar surface area (TPSA) is 49.9 Å². The van der Waals surface area contributed by atoms with Crippen LogP contribution in [-0.2, 0) is 28.3 Å². The third-order valence-corrected chi connectivity index (χ3v) is 11.1. The van der Waals surface area contributed by atoms with Crippen LogP contribution >= 0.6 is 0 Å². The number of fused-ring (bicyclic) bond motifs is 1. The summed E-state index contributed by atoms with van der Waals surface area (Å²) in [5.41, 5.74) is 3.97. The van der Waals surface area contributed by atoms with E-state index in [0.29, 0.717) is 12.3 Å². The van der Waals surface area contributed by atoms with Crippen molar-refractivity contribution in [3.05, 3.63) is 95.6 Å². The van der Waals surface area contributed by atoms with Crippen molar-refractivity contribution in [3.63, 3.8) is 0 Å². The number of likely N-dealkylation sites (N-methyl/N-ethyl adjacent to an activating group) is 1. The Hall–Kier alpha value is -2.67. The number of sulfonamides is 1. The van der Waals surface area contributed by atoms with Gasteiger partial charge in [-0.1, -0.05) is 67.1 Å². The average Bonchev–Trinajstić information content (AvgIpc) is 3.35. The number of rotatable bonds is 12. The van der Waals surface area contributed by atoms with Crippen LogP contribution < -0.4 is 4.74 Å². The second kappa shape index (κ2) is 12.9. The lowest BCUT2D eigenvalue weighted by Gasteiger charge is -2.38. The van der Waals surface area contributed by atoms with E-state index in [1.807, 2.05) is 0 Å². The molecule has 1 unspecified atom stereocenters. The third kappa shape index (κ3) is 6.62. The van der Waals surface area contributed by atoms with E-state index in [0.717, 1.165) is 44.8 Å². The molecule has 0 bridgehead atoms. The number of benzene rings is 3. The summed E-state index contributed by atoms with van der Waals surface area (Å²) < 4.78 is 34.1. The molecule has 1 atom stereocenters. The highest BCUT2D eigenvalue weighted by atomic mass is 32.2. The molecule has 3 aromatic rings. The molecular formula is C34H44N2O3S. The fraction of sp³-hybridized carbons (Fsp3) is 0.471. The van der Waals surface area contributed by atoms with Gasteiger partial charge in [0.15, 0.2) is 0 Å². The monoisotopic (exact) mass is 560 g/mol. The minimum Gasteiger partial charge on any atom is -0.497 e. The minimum atomic E-state index is -3.64. The van der Waals surface area contributed by atoms with Gasteiger partial charge < -0.3 is 9.64 Å². The second-order valence-corrected chi connectivity index (χ2v) is 13.8. The quantitative estimate of drug-likeness (QED) is 0.260. The van der Waals surface area contributed by atoms with Crippen molar-refractivity contribution in [2.24, 2.45) is 5.92 Å². The van der Waals surface area contributed by atoms with Crippen LogP contribution in [0.25, 0.3) is 0 Å². The van der Waals surface area contributed by atoms with Crippen molar-refractivity contribution < 1.29 is 13.2 Å². The van der Waals surface area contributed by atoms with Gasteiger partial charge in [0, 0.05) is 25.1 Å². The highest BCUT2D eigenvalue weighted by Gasteiger charge is 2.41. The number of piperidine rings is 1. The molecule has 40 heavy (non-hydrogen) atoms. The zero-order valence-electron chi connectivity index (χ0n) is 24.1. The smallest absolute Gasteiger partial charge is 0.242 e. The molecule has 1 fully saturated rings. The maximum absolute atomic E-state index is 13.6. The van der Waals surface area contributed by atoms with E-state index < -0.39 is 10.0 Å². The molecule has 0 radical (unpaired) electrons. The van der Waals surface area contributed by atoms with Gasteiger partial charge in [-0.2, -0.15) is 0 Å². The average molecular weight is 561 g/mol. The molecule has 1 saturated heterocycles. The Bertz CT molecular complexity index is 1350. The van der Waals surface area contributed by atoms with Crippen LogP contribution in [0.3, 0.4) is 0 Å². The van der Waals surface area contributed by atoms with Crippen LogP contribution in [0.4, 0.5) is 0 Å². The first-order chi connectivity index (χ1) is 19.4. The van der Waals surface area contributed by atoms with E-state index in [2.05, 4.69) is 59.5 Å². The summed E-state index contributed by atoms with van der Waals surface area (Å²) in [6.45, 7) is 3.79. The van der Waals surface area contributed by atoms with Gasteiger partial charge in [-0.15, -0.1) is 0 Å². The molecular weight excluding hydrogens is 516 g/mol. The molecule has 1 aliphatic heterocycles. The van der Waals surface area contributed by atoms with Crippen molar-refractivity contribution in [1.82, 2.24) is 9.21 Å². The fourth-order valence-corrected chi connectivity index (χ4v) is 8.12. The number of hydrogen-bond donors (Lipinski definition) is 0. The summed E-state index contributed by atoms with van der Waals surface area (Å²) in [6.07, 6.45) is 9.25. The van der Waals surface area contributed by atoms with Crippen molar-refractivity contribution in [3.8, 4) is 5.75 Å². The predicted molar refractivity (Wildman–Crippen MR) is 162 cm³/mol. The number of hydrogen-bond acceptors (Lipinski definition) is 4. The molecule has 1 heterocycles. The Morgan fingerprint density at radius 1 is 0.975 bits per heavy atom. The first kappa shape index (κ1) is 28.8. The summed E-state index contributed by atoms with van der Waals surface area (Å²) in [4.78, 5) is 2.90. The van der Waals surface area contributed by atoms with E-state index in [9.17, 15) is 8.42 Å². The number of ether oxygens (including phenoxy) is 1. The number of nitrogens with zero attached hydrogens (tertiary/aromatic N) is 2. The van der Waals surface area contributed by atoms with Crippen LogP contribution in [0.2, 0.25) is 0 Å². The summed E-state index contributed by atoms with van der Waals surface area (Å²) in [5, 5.41) is 0. The molecule has 1 aliphatic carbocycles. The van der Waals surface area contributed by atoms with Crippen LogP contribution in [0, 0.1) is 5.92 Å². The highest BCUT2D eigenvalue weighted by molar-refractivity contribution is 7.89. The van der Waals surface area contributed by atoms with Gasteiger partial charge in [-0.05, 0) is 99.3 Å². The van der Waals surface area contributed by atoms with E-state index in [1.54, 1.807) is 42.7 Å². The van der Waals surface area contributed by atoms with Gasteiger partial charge in [0.05, 0.1) is 12.0 Å². The van der Waals surface area contributed by atoms with E-state index in [4.69, 9.17) is 4.74 Å². The number of aryl methyl sites for hydroxylation is 2. The van der Waals surface area contributed by atoms with Crippen LogP contribution in [0.1, 0.15) is 55.2 Å². The SMILES string of the molecule is COc1cccc(S(=O)(=O)N(C)CC2(CCN3CCC(CCCc4ccccc4)CC3)CCc3ccccc32)c1. The number of methoxy groups -OCH3 is 1. The van der Waals surface area contributed by atoms with Gasteiger partial charge in [-0.25, -0.2) is 12.7 Å². The maximum atomic E-state index is 13.6. The molecule has 0 spiro atoms. The van der Waals surface area contributed by atoms with E-state index in [1.165, 1.54) is 48.8 Å². The van der Waals surface area contributed by atoms with E-state index >= 15 is 0 Å². The van der Waals surface area contributed by atoms with Gasteiger partial charge in [0.25, 0.3) is 0 Å². The minimum absolute atomic E-state index is 0.177. The second-order valence-electron chi connectivity index (χ2n) is 11.8. The third-order valence-electron chi connectivity index (χ3n) is 9.27. The van der Waals surface area contributed by atoms with Crippen molar-refractivity contribution >= 4 is 10.0 Å².